The van der Waals surface area contributed by atoms with E-state index in [4.69, 9.17) is 11.5 Å². The Morgan fingerprint density at radius 3 is 3.00 bits per heavy atom. The van der Waals surface area contributed by atoms with Crippen molar-refractivity contribution in [1.29, 1.82) is 0 Å². The third-order valence-electron chi connectivity index (χ3n) is 1.70. The van der Waals surface area contributed by atoms with Crippen LogP contribution >= 0.6 is 15.9 Å². The number of anilines is 1. The normalized spacial score (nSPS) is 11.5. The summed E-state index contributed by atoms with van der Waals surface area (Å²) in [5.41, 5.74) is 0.150. The first kappa shape index (κ1) is 11.5. The number of terminal acetylenes is 1. The zero-order chi connectivity index (χ0) is 11.4. The van der Waals surface area contributed by atoms with E-state index in [1.54, 1.807) is 6.92 Å². The molecule has 1 unspecified atom stereocenters. The molecule has 4 nitrogen and oxygen atoms in total. The van der Waals surface area contributed by atoms with Gasteiger partial charge in [0.05, 0.1) is 16.1 Å². The summed E-state index contributed by atoms with van der Waals surface area (Å²) >= 11 is 3.10. The van der Waals surface area contributed by atoms with Gasteiger partial charge < -0.3 is 10.4 Å². The maximum atomic E-state index is 10.8. The number of aromatic nitrogens is 1. The zero-order valence-corrected chi connectivity index (χ0v) is 9.58. The summed E-state index contributed by atoms with van der Waals surface area (Å²) in [6, 6.07) is 1.24. The number of carboxylic acid groups (broad SMARTS) is 1. The van der Waals surface area contributed by atoms with Crippen LogP contribution in [0.4, 0.5) is 5.82 Å². The van der Waals surface area contributed by atoms with E-state index >= 15 is 0 Å². The highest BCUT2D eigenvalue weighted by atomic mass is 79.9. The number of nitrogens with zero attached hydrogens (tertiary/aromatic N) is 1. The molecule has 0 spiro atoms. The fourth-order valence-electron chi connectivity index (χ4n) is 0.945. The summed E-state index contributed by atoms with van der Waals surface area (Å²) < 4.78 is 0.439. The van der Waals surface area contributed by atoms with E-state index in [0.717, 1.165) is 0 Å². The maximum Gasteiger partial charge on any atom is 0.337 e. The van der Waals surface area contributed by atoms with Gasteiger partial charge in [0.2, 0.25) is 0 Å². The zero-order valence-electron chi connectivity index (χ0n) is 7.99. The standard InChI is InChI=1S/C10H9BrN2O2/c1-3-6(2)13-9-4-7(10(14)15)8(11)5-12-9/h1,4-6H,2H3,(H,12,13)(H,14,15). The quantitative estimate of drug-likeness (QED) is 0.823. The Hall–Kier alpha value is -1.54. The van der Waals surface area contributed by atoms with Crippen LogP contribution in [0.5, 0.6) is 0 Å². The highest BCUT2D eigenvalue weighted by Gasteiger charge is 2.10. The van der Waals surface area contributed by atoms with Crippen LogP contribution in [-0.2, 0) is 0 Å². The lowest BCUT2D eigenvalue weighted by molar-refractivity contribution is 0.0696. The van der Waals surface area contributed by atoms with Gasteiger partial charge in [-0.15, -0.1) is 6.42 Å². The topological polar surface area (TPSA) is 62.2 Å². The smallest absolute Gasteiger partial charge is 0.337 e. The molecule has 1 atom stereocenters. The fourth-order valence-corrected chi connectivity index (χ4v) is 1.33. The van der Waals surface area contributed by atoms with Crippen molar-refractivity contribution in [3.8, 4) is 12.3 Å². The first-order chi connectivity index (χ1) is 7.04. The molecule has 1 rings (SSSR count). The summed E-state index contributed by atoms with van der Waals surface area (Å²) in [6.07, 6.45) is 6.61. The van der Waals surface area contributed by atoms with E-state index in [2.05, 4.69) is 32.2 Å². The van der Waals surface area contributed by atoms with Gasteiger partial charge >= 0.3 is 5.97 Å². The molecule has 0 saturated carbocycles. The summed E-state index contributed by atoms with van der Waals surface area (Å²) in [6.45, 7) is 1.78. The van der Waals surface area contributed by atoms with Crippen molar-refractivity contribution in [2.75, 3.05) is 5.32 Å². The molecule has 0 amide bonds. The van der Waals surface area contributed by atoms with Crippen LogP contribution in [0.15, 0.2) is 16.7 Å². The number of carboxylic acids is 1. The summed E-state index contributed by atoms with van der Waals surface area (Å²) in [7, 11) is 0. The molecule has 78 valence electrons. The van der Waals surface area contributed by atoms with Crippen molar-refractivity contribution >= 4 is 27.7 Å². The van der Waals surface area contributed by atoms with E-state index in [1.165, 1.54) is 12.3 Å². The Bertz CT molecular complexity index is 426. The van der Waals surface area contributed by atoms with E-state index in [0.29, 0.717) is 10.3 Å². The molecule has 15 heavy (non-hydrogen) atoms. The monoisotopic (exact) mass is 268 g/mol. The molecule has 0 fully saturated rings. The molecule has 0 aliphatic rings. The van der Waals surface area contributed by atoms with Gasteiger partial charge in [-0.2, -0.15) is 0 Å². The van der Waals surface area contributed by atoms with Gasteiger partial charge in [-0.25, -0.2) is 9.78 Å². The van der Waals surface area contributed by atoms with E-state index in [9.17, 15) is 4.79 Å². The summed E-state index contributed by atoms with van der Waals surface area (Å²) in [5.74, 6) is 1.90. The lowest BCUT2D eigenvalue weighted by Crippen LogP contribution is -2.14. The number of hydrogen-bond donors (Lipinski definition) is 2. The molecule has 0 radical (unpaired) electrons. The highest BCUT2D eigenvalue weighted by molar-refractivity contribution is 9.10. The molecule has 0 aliphatic heterocycles. The van der Waals surface area contributed by atoms with Crippen LogP contribution in [0.25, 0.3) is 0 Å². The molecule has 5 heteroatoms. The Balaban J connectivity index is 2.99. The molecule has 1 heterocycles. The molecular formula is C10H9BrN2O2. The van der Waals surface area contributed by atoms with Crippen LogP contribution < -0.4 is 5.32 Å². The van der Waals surface area contributed by atoms with Crippen molar-refractivity contribution in [3.63, 3.8) is 0 Å². The van der Waals surface area contributed by atoms with Gasteiger partial charge in [-0.1, -0.05) is 5.92 Å². The molecule has 0 aromatic carbocycles. The molecule has 1 aromatic rings. The van der Waals surface area contributed by atoms with E-state index < -0.39 is 5.97 Å². The SMILES string of the molecule is C#CC(C)Nc1cc(C(=O)O)c(Br)cn1. The van der Waals surface area contributed by atoms with Crippen LogP contribution in [0, 0.1) is 12.3 Å². The Kier molecular flexibility index (Phi) is 3.69. The number of hydrogen-bond acceptors (Lipinski definition) is 3. The minimum Gasteiger partial charge on any atom is -0.478 e. The van der Waals surface area contributed by atoms with Crippen molar-refractivity contribution in [1.82, 2.24) is 4.98 Å². The predicted molar refractivity (Wildman–Crippen MR) is 60.8 cm³/mol. The summed E-state index contributed by atoms with van der Waals surface area (Å²) in [5, 5.41) is 11.7. The van der Waals surface area contributed by atoms with E-state index in [-0.39, 0.29) is 11.6 Å². The number of aromatic carboxylic acids is 1. The maximum absolute atomic E-state index is 10.8. The van der Waals surface area contributed by atoms with Crippen molar-refractivity contribution in [2.24, 2.45) is 0 Å². The lowest BCUT2D eigenvalue weighted by atomic mass is 10.2. The van der Waals surface area contributed by atoms with Gasteiger partial charge in [0.1, 0.15) is 5.82 Å². The first-order valence-electron chi connectivity index (χ1n) is 4.16. The second-order valence-electron chi connectivity index (χ2n) is 2.89. The molecular weight excluding hydrogens is 260 g/mol. The second-order valence-corrected chi connectivity index (χ2v) is 3.74. The summed E-state index contributed by atoms with van der Waals surface area (Å²) in [4.78, 5) is 14.8. The predicted octanol–water partition coefficient (Wildman–Crippen LogP) is 1.98. The van der Waals surface area contributed by atoms with Gasteiger partial charge in [0.15, 0.2) is 0 Å². The average Bonchev–Trinajstić information content (AvgIpc) is 2.20. The lowest BCUT2D eigenvalue weighted by Gasteiger charge is -2.09. The number of nitrogens with one attached hydrogen (secondary N) is 1. The van der Waals surface area contributed by atoms with Crippen LogP contribution in [0.2, 0.25) is 0 Å². The largest absolute Gasteiger partial charge is 0.478 e. The fraction of sp³-hybridized carbons (Fsp3) is 0.200. The third-order valence-corrected chi connectivity index (χ3v) is 2.33. The highest BCUT2D eigenvalue weighted by Crippen LogP contribution is 2.18. The third kappa shape index (κ3) is 2.96. The first-order valence-corrected chi connectivity index (χ1v) is 4.95. The Morgan fingerprint density at radius 2 is 2.47 bits per heavy atom. The number of carbonyl (C=O) groups is 1. The van der Waals surface area contributed by atoms with Gasteiger partial charge in [0.25, 0.3) is 0 Å². The Labute approximate surface area is 95.8 Å². The van der Waals surface area contributed by atoms with Gasteiger partial charge in [0, 0.05) is 6.20 Å². The molecule has 0 saturated heterocycles. The molecule has 0 aliphatic carbocycles. The van der Waals surface area contributed by atoms with Crippen LogP contribution in [0.1, 0.15) is 17.3 Å². The second kappa shape index (κ2) is 4.80. The van der Waals surface area contributed by atoms with Crippen molar-refractivity contribution < 1.29 is 9.90 Å². The minimum atomic E-state index is -1.01. The van der Waals surface area contributed by atoms with Crippen molar-refractivity contribution in [2.45, 2.75) is 13.0 Å². The molecule has 1 aromatic heterocycles. The number of halogens is 1. The Morgan fingerprint density at radius 1 is 1.80 bits per heavy atom. The van der Waals surface area contributed by atoms with Gasteiger partial charge in [-0.3, -0.25) is 0 Å². The molecule has 2 N–H and O–H groups in total. The minimum absolute atomic E-state index is 0.150. The van der Waals surface area contributed by atoms with Crippen molar-refractivity contribution in [3.05, 3.63) is 22.3 Å². The average molecular weight is 269 g/mol. The van der Waals surface area contributed by atoms with E-state index in [1.807, 2.05) is 0 Å². The number of pyridine rings is 1. The number of rotatable bonds is 3. The van der Waals surface area contributed by atoms with Crippen LogP contribution in [0.3, 0.4) is 0 Å². The van der Waals surface area contributed by atoms with Crippen LogP contribution in [-0.4, -0.2) is 22.1 Å². The van der Waals surface area contributed by atoms with Gasteiger partial charge in [-0.05, 0) is 28.9 Å². The molecule has 0 bridgehead atoms.